The normalized spacial score (nSPS) is 12.4. The Labute approximate surface area is 96.3 Å². The van der Waals surface area contributed by atoms with E-state index in [4.69, 9.17) is 0 Å². The Bertz CT molecular complexity index is 123. The molecule has 14 heavy (non-hydrogen) atoms. The van der Waals surface area contributed by atoms with E-state index >= 15 is 0 Å². The molecule has 0 N–H and O–H groups in total. The van der Waals surface area contributed by atoms with Crippen LogP contribution in [0.25, 0.3) is 0 Å². The maximum absolute atomic E-state index is 4.57. The smallest absolute Gasteiger partial charge is 0.00412 e. The average Bonchev–Trinajstić information content (AvgIpc) is 2.15. The first-order chi connectivity index (χ1) is 6.60. The van der Waals surface area contributed by atoms with Gasteiger partial charge in [0.15, 0.2) is 0 Å². The zero-order chi connectivity index (χ0) is 11.0. The summed E-state index contributed by atoms with van der Waals surface area (Å²) in [7, 11) is 0. The summed E-state index contributed by atoms with van der Waals surface area (Å²) in [6.07, 6.45) is 8.06. The molecular formula is C13H28S. The Kier molecular flexibility index (Phi) is 7.81. The highest BCUT2D eigenvalue weighted by Crippen LogP contribution is 2.37. The first kappa shape index (κ1) is 14.3. The topological polar surface area (TPSA) is 0 Å². The van der Waals surface area contributed by atoms with Crippen LogP contribution >= 0.6 is 12.6 Å². The first-order valence-corrected chi connectivity index (χ1v) is 6.84. The fourth-order valence-electron chi connectivity index (χ4n) is 2.27. The maximum Gasteiger partial charge on any atom is -0.00412 e. The van der Waals surface area contributed by atoms with Crippen molar-refractivity contribution in [1.82, 2.24) is 0 Å². The summed E-state index contributed by atoms with van der Waals surface area (Å²) < 4.78 is 0. The molecule has 0 unspecified atom stereocenters. The molecule has 0 rings (SSSR count). The SMILES string of the molecule is CCCC(CS)(CCC)CCC(C)C. The zero-order valence-electron chi connectivity index (χ0n) is 10.5. The summed E-state index contributed by atoms with van der Waals surface area (Å²) in [5, 5.41) is 0. The van der Waals surface area contributed by atoms with Gasteiger partial charge < -0.3 is 0 Å². The molecule has 0 fully saturated rings. The lowest BCUT2D eigenvalue weighted by atomic mass is 9.76. The van der Waals surface area contributed by atoms with Crippen LogP contribution in [-0.4, -0.2) is 5.75 Å². The minimum Gasteiger partial charge on any atom is -0.179 e. The van der Waals surface area contributed by atoms with Crippen molar-refractivity contribution in [2.45, 2.75) is 66.2 Å². The fraction of sp³-hybridized carbons (Fsp3) is 1.00. The van der Waals surface area contributed by atoms with Crippen LogP contribution in [0.1, 0.15) is 66.2 Å². The molecule has 0 saturated heterocycles. The minimum absolute atomic E-state index is 0.539. The molecule has 0 atom stereocenters. The predicted molar refractivity (Wildman–Crippen MR) is 70.2 cm³/mol. The van der Waals surface area contributed by atoms with Crippen molar-refractivity contribution in [1.29, 1.82) is 0 Å². The van der Waals surface area contributed by atoms with Crippen LogP contribution in [0.3, 0.4) is 0 Å². The summed E-state index contributed by atoms with van der Waals surface area (Å²) in [4.78, 5) is 0. The molecular weight excluding hydrogens is 188 g/mol. The molecule has 0 radical (unpaired) electrons. The lowest BCUT2D eigenvalue weighted by Crippen LogP contribution is -2.23. The number of rotatable bonds is 8. The standard InChI is InChI=1S/C13H28S/c1-5-8-13(11-14,9-6-2)10-7-12(3)4/h12,14H,5-11H2,1-4H3. The van der Waals surface area contributed by atoms with E-state index in [0.717, 1.165) is 11.7 Å². The van der Waals surface area contributed by atoms with Gasteiger partial charge in [-0.25, -0.2) is 0 Å². The molecule has 0 heterocycles. The van der Waals surface area contributed by atoms with Crippen molar-refractivity contribution in [3.8, 4) is 0 Å². The van der Waals surface area contributed by atoms with Gasteiger partial charge in [0.25, 0.3) is 0 Å². The fourth-order valence-corrected chi connectivity index (χ4v) is 2.74. The molecule has 0 aliphatic rings. The highest BCUT2D eigenvalue weighted by atomic mass is 32.1. The van der Waals surface area contributed by atoms with Gasteiger partial charge in [-0.05, 0) is 36.3 Å². The highest BCUT2D eigenvalue weighted by molar-refractivity contribution is 7.80. The Morgan fingerprint density at radius 1 is 1.00 bits per heavy atom. The Hall–Kier alpha value is 0.350. The summed E-state index contributed by atoms with van der Waals surface area (Å²) in [6.45, 7) is 9.23. The van der Waals surface area contributed by atoms with Crippen molar-refractivity contribution in [3.05, 3.63) is 0 Å². The number of hydrogen-bond donors (Lipinski definition) is 1. The molecule has 0 nitrogen and oxygen atoms in total. The quantitative estimate of drug-likeness (QED) is 0.546. The molecule has 0 aromatic heterocycles. The predicted octanol–water partition coefficient (Wildman–Crippen LogP) is 4.94. The van der Waals surface area contributed by atoms with Gasteiger partial charge >= 0.3 is 0 Å². The Balaban J connectivity index is 4.17. The second kappa shape index (κ2) is 7.62. The molecule has 0 saturated carbocycles. The van der Waals surface area contributed by atoms with Crippen molar-refractivity contribution in [2.75, 3.05) is 5.75 Å². The van der Waals surface area contributed by atoms with Crippen LogP contribution in [0.4, 0.5) is 0 Å². The largest absolute Gasteiger partial charge is 0.179 e. The van der Waals surface area contributed by atoms with E-state index < -0.39 is 0 Å². The lowest BCUT2D eigenvalue weighted by molar-refractivity contribution is 0.234. The van der Waals surface area contributed by atoms with E-state index in [1.54, 1.807) is 0 Å². The Morgan fingerprint density at radius 2 is 1.50 bits per heavy atom. The molecule has 1 heteroatoms. The van der Waals surface area contributed by atoms with Gasteiger partial charge in [0.2, 0.25) is 0 Å². The van der Waals surface area contributed by atoms with Gasteiger partial charge in [0.05, 0.1) is 0 Å². The van der Waals surface area contributed by atoms with E-state index in [1.807, 2.05) is 0 Å². The third kappa shape index (κ3) is 5.29. The molecule has 0 spiro atoms. The second-order valence-corrected chi connectivity index (χ2v) is 5.41. The van der Waals surface area contributed by atoms with Crippen molar-refractivity contribution < 1.29 is 0 Å². The third-order valence-electron chi connectivity index (χ3n) is 3.15. The van der Waals surface area contributed by atoms with Gasteiger partial charge in [-0.15, -0.1) is 0 Å². The lowest BCUT2D eigenvalue weighted by Gasteiger charge is -2.32. The van der Waals surface area contributed by atoms with Crippen LogP contribution in [0, 0.1) is 11.3 Å². The van der Waals surface area contributed by atoms with Crippen molar-refractivity contribution in [2.24, 2.45) is 11.3 Å². The molecule has 0 aliphatic heterocycles. The van der Waals surface area contributed by atoms with E-state index in [0.29, 0.717) is 5.41 Å². The average molecular weight is 216 g/mol. The molecule has 0 bridgehead atoms. The second-order valence-electron chi connectivity index (χ2n) is 5.09. The van der Waals surface area contributed by atoms with E-state index in [2.05, 4.69) is 40.3 Å². The van der Waals surface area contributed by atoms with Gasteiger partial charge in [0, 0.05) is 0 Å². The summed E-state index contributed by atoms with van der Waals surface area (Å²) >= 11 is 4.57. The summed E-state index contributed by atoms with van der Waals surface area (Å²) in [5.41, 5.74) is 0.539. The van der Waals surface area contributed by atoms with Crippen molar-refractivity contribution in [3.63, 3.8) is 0 Å². The van der Waals surface area contributed by atoms with Gasteiger partial charge in [-0.2, -0.15) is 12.6 Å². The van der Waals surface area contributed by atoms with E-state index in [9.17, 15) is 0 Å². The highest BCUT2D eigenvalue weighted by Gasteiger charge is 2.26. The van der Waals surface area contributed by atoms with E-state index in [1.165, 1.54) is 38.5 Å². The molecule has 0 aromatic carbocycles. The van der Waals surface area contributed by atoms with Crippen LogP contribution in [0.2, 0.25) is 0 Å². The summed E-state index contributed by atoms with van der Waals surface area (Å²) in [5.74, 6) is 1.91. The van der Waals surface area contributed by atoms with Gasteiger partial charge in [0.1, 0.15) is 0 Å². The third-order valence-corrected chi connectivity index (χ3v) is 3.82. The van der Waals surface area contributed by atoms with Gasteiger partial charge in [-0.1, -0.05) is 47.0 Å². The molecule has 0 amide bonds. The van der Waals surface area contributed by atoms with Crippen LogP contribution in [0.15, 0.2) is 0 Å². The molecule has 0 aliphatic carbocycles. The van der Waals surface area contributed by atoms with Crippen molar-refractivity contribution >= 4 is 12.6 Å². The minimum atomic E-state index is 0.539. The van der Waals surface area contributed by atoms with Gasteiger partial charge in [-0.3, -0.25) is 0 Å². The van der Waals surface area contributed by atoms with Crippen LogP contribution in [0.5, 0.6) is 0 Å². The summed E-state index contributed by atoms with van der Waals surface area (Å²) in [6, 6.07) is 0. The van der Waals surface area contributed by atoms with E-state index in [-0.39, 0.29) is 0 Å². The monoisotopic (exact) mass is 216 g/mol. The van der Waals surface area contributed by atoms with Crippen LogP contribution in [-0.2, 0) is 0 Å². The number of thiol groups is 1. The zero-order valence-corrected chi connectivity index (χ0v) is 11.4. The first-order valence-electron chi connectivity index (χ1n) is 6.21. The Morgan fingerprint density at radius 3 is 1.79 bits per heavy atom. The number of hydrogen-bond acceptors (Lipinski definition) is 1. The molecule has 86 valence electrons. The maximum atomic E-state index is 4.57. The van der Waals surface area contributed by atoms with Crippen LogP contribution < -0.4 is 0 Å². The molecule has 0 aromatic rings.